The number of hydrogen-bond donors (Lipinski definition) is 1. The van der Waals surface area contributed by atoms with E-state index in [0.29, 0.717) is 19.0 Å². The number of carbonyl (C=O) groups excluding carboxylic acids is 1. The number of aryl methyl sites for hydroxylation is 1. The van der Waals surface area contributed by atoms with Gasteiger partial charge in [-0.15, -0.1) is 16.4 Å². The second-order valence-electron chi connectivity index (χ2n) is 7.01. The van der Waals surface area contributed by atoms with E-state index in [2.05, 4.69) is 29.1 Å². The van der Waals surface area contributed by atoms with E-state index in [0.717, 1.165) is 35.0 Å². The normalized spacial score (nSPS) is 17.7. The van der Waals surface area contributed by atoms with Crippen LogP contribution in [-0.4, -0.2) is 55.0 Å². The molecule has 2 aromatic heterocycles. The van der Waals surface area contributed by atoms with Crippen molar-refractivity contribution >= 4 is 23.2 Å². The Hall–Kier alpha value is -2.29. The predicted molar refractivity (Wildman–Crippen MR) is 96.5 cm³/mol. The minimum Gasteiger partial charge on any atom is -0.476 e. The fourth-order valence-electron chi connectivity index (χ4n) is 3.15. The largest absolute Gasteiger partial charge is 0.476 e. The molecule has 26 heavy (non-hydrogen) atoms. The van der Waals surface area contributed by atoms with Crippen LogP contribution in [0.15, 0.2) is 6.20 Å². The standard InChI is InChI=1S/C17H23N5O3S/c1-10(2)15-18-11(3)14(26-15)16(23)21-6-4-5-12(7-21)8-22-9-13(17(24)25)19-20-22/h9-10,12H,4-8H2,1-3H3,(H,24,25)/t12-/m1/s1. The second-order valence-corrected chi connectivity index (χ2v) is 8.04. The van der Waals surface area contributed by atoms with Gasteiger partial charge in [-0.3, -0.25) is 9.48 Å². The summed E-state index contributed by atoms with van der Waals surface area (Å²) in [6, 6.07) is 0. The van der Waals surface area contributed by atoms with Gasteiger partial charge in [0, 0.05) is 25.6 Å². The third kappa shape index (κ3) is 3.92. The van der Waals surface area contributed by atoms with E-state index in [1.54, 1.807) is 4.68 Å². The molecular weight excluding hydrogens is 354 g/mol. The van der Waals surface area contributed by atoms with Crippen molar-refractivity contribution in [3.05, 3.63) is 27.5 Å². The van der Waals surface area contributed by atoms with Gasteiger partial charge in [0.05, 0.1) is 16.9 Å². The van der Waals surface area contributed by atoms with Crippen LogP contribution in [0.25, 0.3) is 0 Å². The molecule has 3 heterocycles. The van der Waals surface area contributed by atoms with E-state index in [1.165, 1.54) is 17.5 Å². The molecule has 0 aliphatic carbocycles. The van der Waals surface area contributed by atoms with E-state index in [-0.39, 0.29) is 17.5 Å². The highest BCUT2D eigenvalue weighted by atomic mass is 32.1. The van der Waals surface area contributed by atoms with Crippen molar-refractivity contribution in [3.8, 4) is 0 Å². The number of likely N-dealkylation sites (tertiary alicyclic amines) is 1. The van der Waals surface area contributed by atoms with Crippen molar-refractivity contribution in [2.24, 2.45) is 5.92 Å². The van der Waals surface area contributed by atoms with Gasteiger partial charge in [-0.05, 0) is 25.7 Å². The lowest BCUT2D eigenvalue weighted by Crippen LogP contribution is -2.41. The summed E-state index contributed by atoms with van der Waals surface area (Å²) in [6.45, 7) is 7.97. The van der Waals surface area contributed by atoms with Gasteiger partial charge >= 0.3 is 5.97 Å². The average Bonchev–Trinajstić information content (AvgIpc) is 3.21. The summed E-state index contributed by atoms with van der Waals surface area (Å²) < 4.78 is 1.55. The minimum atomic E-state index is -1.08. The Morgan fingerprint density at radius 1 is 1.42 bits per heavy atom. The van der Waals surface area contributed by atoms with Gasteiger partial charge in [0.15, 0.2) is 5.69 Å². The molecular formula is C17H23N5O3S. The number of amides is 1. The van der Waals surface area contributed by atoms with Crippen LogP contribution < -0.4 is 0 Å². The van der Waals surface area contributed by atoms with E-state index in [4.69, 9.17) is 5.11 Å². The SMILES string of the molecule is Cc1nc(C(C)C)sc1C(=O)N1CCC[C@@H](Cn2cc(C(=O)O)nn2)C1. The molecule has 1 amide bonds. The molecule has 1 fully saturated rings. The summed E-state index contributed by atoms with van der Waals surface area (Å²) in [4.78, 5) is 31.0. The number of aromatic nitrogens is 4. The number of nitrogens with zero attached hydrogens (tertiary/aromatic N) is 5. The Bertz CT molecular complexity index is 813. The summed E-state index contributed by atoms with van der Waals surface area (Å²) >= 11 is 1.49. The lowest BCUT2D eigenvalue weighted by atomic mass is 9.98. The zero-order valence-electron chi connectivity index (χ0n) is 15.2. The first-order valence-electron chi connectivity index (χ1n) is 8.75. The fourth-order valence-corrected chi connectivity index (χ4v) is 4.19. The molecule has 1 N–H and O–H groups in total. The summed E-state index contributed by atoms with van der Waals surface area (Å²) in [6.07, 6.45) is 3.34. The number of carboxylic acid groups (broad SMARTS) is 1. The number of hydrogen-bond acceptors (Lipinski definition) is 6. The maximum absolute atomic E-state index is 12.9. The van der Waals surface area contributed by atoms with Gasteiger partial charge in [0.2, 0.25) is 0 Å². The first-order chi connectivity index (χ1) is 12.3. The van der Waals surface area contributed by atoms with Crippen molar-refractivity contribution < 1.29 is 14.7 Å². The Morgan fingerprint density at radius 3 is 2.81 bits per heavy atom. The molecule has 0 radical (unpaired) electrons. The quantitative estimate of drug-likeness (QED) is 0.859. The Balaban J connectivity index is 1.67. The van der Waals surface area contributed by atoms with Gasteiger partial charge in [0.25, 0.3) is 5.91 Å². The number of thiazole rings is 1. The molecule has 0 saturated carbocycles. The lowest BCUT2D eigenvalue weighted by Gasteiger charge is -2.32. The van der Waals surface area contributed by atoms with Gasteiger partial charge in [-0.2, -0.15) is 0 Å². The Morgan fingerprint density at radius 2 is 2.19 bits per heavy atom. The van der Waals surface area contributed by atoms with E-state index in [1.807, 2.05) is 11.8 Å². The van der Waals surface area contributed by atoms with E-state index in [9.17, 15) is 9.59 Å². The molecule has 2 aromatic rings. The van der Waals surface area contributed by atoms with Crippen LogP contribution in [0.5, 0.6) is 0 Å². The van der Waals surface area contributed by atoms with Gasteiger partial charge < -0.3 is 10.0 Å². The minimum absolute atomic E-state index is 0.0430. The molecule has 1 aliphatic rings. The van der Waals surface area contributed by atoms with Crippen LogP contribution in [0.2, 0.25) is 0 Å². The molecule has 1 atom stereocenters. The lowest BCUT2D eigenvalue weighted by molar-refractivity contribution is 0.0662. The van der Waals surface area contributed by atoms with Gasteiger partial charge in [-0.1, -0.05) is 19.1 Å². The molecule has 3 rings (SSSR count). The molecule has 8 nitrogen and oxygen atoms in total. The average molecular weight is 377 g/mol. The molecule has 0 spiro atoms. The molecule has 0 aromatic carbocycles. The zero-order valence-corrected chi connectivity index (χ0v) is 16.0. The summed E-state index contributed by atoms with van der Waals surface area (Å²) in [7, 11) is 0. The van der Waals surface area contributed by atoms with Crippen molar-refractivity contribution in [3.63, 3.8) is 0 Å². The molecule has 9 heteroatoms. The number of rotatable bonds is 5. The van der Waals surface area contributed by atoms with Crippen LogP contribution in [0.3, 0.4) is 0 Å². The molecule has 1 saturated heterocycles. The number of carbonyl (C=O) groups is 2. The summed E-state index contributed by atoms with van der Waals surface area (Å²) in [5.74, 6) is -0.501. The highest BCUT2D eigenvalue weighted by Gasteiger charge is 2.28. The van der Waals surface area contributed by atoms with Crippen molar-refractivity contribution in [1.82, 2.24) is 24.9 Å². The van der Waals surface area contributed by atoms with Crippen molar-refractivity contribution in [1.29, 1.82) is 0 Å². The Kier molecular flexibility index (Phi) is 5.36. The summed E-state index contributed by atoms with van der Waals surface area (Å²) in [5.41, 5.74) is 0.739. The number of carboxylic acids is 1. The first-order valence-corrected chi connectivity index (χ1v) is 9.56. The number of piperidine rings is 1. The molecule has 0 bridgehead atoms. The topological polar surface area (TPSA) is 101 Å². The van der Waals surface area contributed by atoms with Crippen LogP contribution in [0.4, 0.5) is 0 Å². The molecule has 1 aliphatic heterocycles. The van der Waals surface area contributed by atoms with Crippen molar-refractivity contribution in [2.75, 3.05) is 13.1 Å². The van der Waals surface area contributed by atoms with Crippen molar-refractivity contribution in [2.45, 2.75) is 46.1 Å². The van der Waals surface area contributed by atoms with E-state index >= 15 is 0 Å². The van der Waals surface area contributed by atoms with Gasteiger partial charge in [0.1, 0.15) is 4.88 Å². The van der Waals surface area contributed by atoms with Crippen LogP contribution in [0, 0.1) is 12.8 Å². The maximum atomic E-state index is 12.9. The zero-order chi connectivity index (χ0) is 18.8. The van der Waals surface area contributed by atoms with E-state index < -0.39 is 5.97 Å². The third-order valence-electron chi connectivity index (χ3n) is 4.51. The molecule has 0 unspecified atom stereocenters. The summed E-state index contributed by atoms with van der Waals surface area (Å²) in [5, 5.41) is 17.4. The van der Waals surface area contributed by atoms with Crippen LogP contribution in [0.1, 0.15) is 63.5 Å². The van der Waals surface area contributed by atoms with Crippen LogP contribution >= 0.6 is 11.3 Å². The van der Waals surface area contributed by atoms with Crippen LogP contribution in [-0.2, 0) is 6.54 Å². The predicted octanol–water partition coefficient (Wildman–Crippen LogP) is 2.42. The Labute approximate surface area is 155 Å². The number of aromatic carboxylic acids is 1. The first kappa shape index (κ1) is 18.5. The maximum Gasteiger partial charge on any atom is 0.358 e. The highest BCUT2D eigenvalue weighted by Crippen LogP contribution is 2.27. The fraction of sp³-hybridized carbons (Fsp3) is 0.588. The molecule has 140 valence electrons. The monoisotopic (exact) mass is 377 g/mol. The third-order valence-corrected chi connectivity index (χ3v) is 5.96. The smallest absolute Gasteiger partial charge is 0.358 e. The highest BCUT2D eigenvalue weighted by molar-refractivity contribution is 7.13. The second kappa shape index (κ2) is 7.53. The van der Waals surface area contributed by atoms with Gasteiger partial charge in [-0.25, -0.2) is 9.78 Å².